The predicted molar refractivity (Wildman–Crippen MR) is 88.3 cm³/mol. The van der Waals surface area contributed by atoms with Crippen LogP contribution in [0, 0.1) is 0 Å². The van der Waals surface area contributed by atoms with Crippen LogP contribution in [0.1, 0.15) is 19.8 Å². The Labute approximate surface area is 152 Å². The number of alkyl halides is 3. The zero-order chi connectivity index (χ0) is 18.3. The summed E-state index contributed by atoms with van der Waals surface area (Å²) in [6.07, 6.45) is -2.90. The first-order chi connectivity index (χ1) is 11.1. The molecule has 0 radical (unpaired) electrons. The molecule has 0 aliphatic heterocycles. The maximum Gasteiger partial charge on any atom is 0.426 e. The van der Waals surface area contributed by atoms with Crippen LogP contribution >= 0.6 is 34.8 Å². The SMILES string of the molecule is CC(CCCOc1c(Cl)cc(O)cc1Cl)OCC=C(Cl)C(F)(F)F. The third-order valence-electron chi connectivity index (χ3n) is 2.90. The van der Waals surface area contributed by atoms with E-state index in [1.807, 2.05) is 0 Å². The van der Waals surface area contributed by atoms with Crippen molar-refractivity contribution in [1.82, 2.24) is 0 Å². The number of ether oxygens (including phenoxy) is 2. The zero-order valence-electron chi connectivity index (χ0n) is 12.7. The van der Waals surface area contributed by atoms with E-state index in [4.69, 9.17) is 44.3 Å². The van der Waals surface area contributed by atoms with Crippen LogP contribution in [-0.4, -0.2) is 30.6 Å². The van der Waals surface area contributed by atoms with Gasteiger partial charge >= 0.3 is 6.18 Å². The van der Waals surface area contributed by atoms with Crippen LogP contribution in [0.3, 0.4) is 0 Å². The Bertz CT molecular complexity index is 554. The minimum atomic E-state index is -4.55. The molecule has 1 N–H and O–H groups in total. The van der Waals surface area contributed by atoms with Crippen molar-refractivity contribution in [3.63, 3.8) is 0 Å². The van der Waals surface area contributed by atoms with Crippen molar-refractivity contribution in [2.75, 3.05) is 13.2 Å². The van der Waals surface area contributed by atoms with Gasteiger partial charge in [0.2, 0.25) is 0 Å². The van der Waals surface area contributed by atoms with E-state index in [2.05, 4.69) is 0 Å². The van der Waals surface area contributed by atoms with Crippen molar-refractivity contribution in [3.05, 3.63) is 33.3 Å². The lowest BCUT2D eigenvalue weighted by Crippen LogP contribution is -2.12. The Morgan fingerprint density at radius 1 is 1.29 bits per heavy atom. The quantitative estimate of drug-likeness (QED) is 0.541. The molecule has 0 aliphatic carbocycles. The molecular weight excluding hydrogens is 392 g/mol. The minimum absolute atomic E-state index is 0.0649. The number of phenolic OH excluding ortho intramolecular Hbond substituents is 1. The van der Waals surface area contributed by atoms with Crippen molar-refractivity contribution >= 4 is 34.8 Å². The predicted octanol–water partition coefficient (Wildman–Crippen LogP) is 5.95. The van der Waals surface area contributed by atoms with Gasteiger partial charge in [0.15, 0.2) is 5.75 Å². The number of aromatic hydroxyl groups is 1. The van der Waals surface area contributed by atoms with E-state index in [1.54, 1.807) is 6.92 Å². The first kappa shape index (κ1) is 21.2. The molecule has 1 rings (SSSR count). The van der Waals surface area contributed by atoms with Crippen molar-refractivity contribution in [1.29, 1.82) is 0 Å². The summed E-state index contributed by atoms with van der Waals surface area (Å²) in [5.41, 5.74) is 0. The Hall–Kier alpha value is -0.820. The second-order valence-electron chi connectivity index (χ2n) is 4.92. The van der Waals surface area contributed by atoms with E-state index in [1.165, 1.54) is 12.1 Å². The summed E-state index contributed by atoms with van der Waals surface area (Å²) in [5, 5.41) is 8.49. The fraction of sp³-hybridized carbons (Fsp3) is 0.467. The number of hydrogen-bond acceptors (Lipinski definition) is 3. The lowest BCUT2D eigenvalue weighted by atomic mass is 10.2. The first-order valence-corrected chi connectivity index (χ1v) is 8.10. The number of allylic oxidation sites excluding steroid dienone is 1. The van der Waals surface area contributed by atoms with Crippen molar-refractivity contribution in [3.8, 4) is 11.5 Å². The molecule has 0 saturated carbocycles. The molecule has 1 unspecified atom stereocenters. The van der Waals surface area contributed by atoms with Crippen LogP contribution in [0.25, 0.3) is 0 Å². The van der Waals surface area contributed by atoms with Crippen LogP contribution < -0.4 is 4.74 Å². The average molecular weight is 408 g/mol. The number of phenols is 1. The largest absolute Gasteiger partial charge is 0.508 e. The summed E-state index contributed by atoms with van der Waals surface area (Å²) in [7, 11) is 0. The van der Waals surface area contributed by atoms with E-state index >= 15 is 0 Å². The third-order valence-corrected chi connectivity index (χ3v) is 3.83. The van der Waals surface area contributed by atoms with E-state index in [-0.39, 0.29) is 40.9 Å². The zero-order valence-corrected chi connectivity index (χ0v) is 14.9. The molecule has 1 aromatic rings. The first-order valence-electron chi connectivity index (χ1n) is 6.96. The molecular formula is C15H16Cl3F3O3. The molecule has 24 heavy (non-hydrogen) atoms. The van der Waals surface area contributed by atoms with Crippen molar-refractivity contribution in [2.45, 2.75) is 32.0 Å². The highest BCUT2D eigenvalue weighted by molar-refractivity contribution is 6.37. The van der Waals surface area contributed by atoms with Gasteiger partial charge in [-0.05, 0) is 25.8 Å². The topological polar surface area (TPSA) is 38.7 Å². The fourth-order valence-corrected chi connectivity index (χ4v) is 2.36. The van der Waals surface area contributed by atoms with Gasteiger partial charge in [-0.25, -0.2) is 0 Å². The van der Waals surface area contributed by atoms with Gasteiger partial charge in [0, 0.05) is 12.1 Å². The van der Waals surface area contributed by atoms with Gasteiger partial charge in [-0.15, -0.1) is 0 Å². The average Bonchev–Trinajstić information content (AvgIpc) is 2.44. The van der Waals surface area contributed by atoms with Gasteiger partial charge in [0.25, 0.3) is 0 Å². The smallest absolute Gasteiger partial charge is 0.426 e. The van der Waals surface area contributed by atoms with Crippen LogP contribution in [-0.2, 0) is 4.74 Å². The lowest BCUT2D eigenvalue weighted by Gasteiger charge is -2.14. The summed E-state index contributed by atoms with van der Waals surface area (Å²) >= 11 is 16.9. The normalized spacial score (nSPS) is 13.9. The molecule has 0 fully saturated rings. The van der Waals surface area contributed by atoms with E-state index in [9.17, 15) is 18.3 Å². The molecule has 0 aromatic heterocycles. The highest BCUT2D eigenvalue weighted by atomic mass is 35.5. The summed E-state index contributed by atoms with van der Waals surface area (Å²) in [4.78, 5) is 0. The molecule has 136 valence electrons. The standard InChI is InChI=1S/C15H16Cl3F3O3/c1-9(23-6-4-13(18)15(19,20)21)3-2-5-24-14-11(16)7-10(22)8-12(14)17/h4,7-9,22H,2-3,5-6H2,1H3. The Kier molecular flexibility index (Phi) is 8.50. The van der Waals surface area contributed by atoms with Crippen LogP contribution in [0.2, 0.25) is 10.0 Å². The molecule has 9 heteroatoms. The van der Waals surface area contributed by atoms with Gasteiger partial charge in [-0.2, -0.15) is 13.2 Å². The monoisotopic (exact) mass is 406 g/mol. The highest BCUT2D eigenvalue weighted by Gasteiger charge is 2.31. The van der Waals surface area contributed by atoms with Crippen molar-refractivity contribution in [2.24, 2.45) is 0 Å². The van der Waals surface area contributed by atoms with Gasteiger partial charge in [-0.1, -0.05) is 34.8 Å². The highest BCUT2D eigenvalue weighted by Crippen LogP contribution is 2.36. The second kappa shape index (κ2) is 9.61. The van der Waals surface area contributed by atoms with Crippen LogP contribution in [0.5, 0.6) is 11.5 Å². The summed E-state index contributed by atoms with van der Waals surface area (Å²) in [5.74, 6) is 0.203. The van der Waals surface area contributed by atoms with Gasteiger partial charge in [-0.3, -0.25) is 0 Å². The molecule has 1 atom stereocenters. The molecule has 0 heterocycles. The Morgan fingerprint density at radius 2 is 1.88 bits per heavy atom. The maximum absolute atomic E-state index is 12.2. The molecule has 0 aliphatic rings. The van der Waals surface area contributed by atoms with E-state index in [0.717, 1.165) is 6.08 Å². The van der Waals surface area contributed by atoms with Gasteiger partial charge in [0.1, 0.15) is 10.8 Å². The Morgan fingerprint density at radius 3 is 2.42 bits per heavy atom. The molecule has 3 nitrogen and oxygen atoms in total. The van der Waals surface area contributed by atoms with Crippen LogP contribution in [0.4, 0.5) is 13.2 Å². The number of rotatable bonds is 8. The number of benzene rings is 1. The fourth-order valence-electron chi connectivity index (χ4n) is 1.71. The Balaban J connectivity index is 2.31. The molecule has 0 amide bonds. The van der Waals surface area contributed by atoms with Crippen molar-refractivity contribution < 1.29 is 27.8 Å². The van der Waals surface area contributed by atoms with Crippen LogP contribution in [0.15, 0.2) is 23.2 Å². The second-order valence-corrected chi connectivity index (χ2v) is 6.14. The van der Waals surface area contributed by atoms with E-state index < -0.39 is 11.2 Å². The van der Waals surface area contributed by atoms with E-state index in [0.29, 0.717) is 12.8 Å². The lowest BCUT2D eigenvalue weighted by molar-refractivity contribution is -0.0852. The van der Waals surface area contributed by atoms with Gasteiger partial charge < -0.3 is 14.6 Å². The van der Waals surface area contributed by atoms with Gasteiger partial charge in [0.05, 0.1) is 29.4 Å². The number of hydrogen-bond donors (Lipinski definition) is 1. The minimum Gasteiger partial charge on any atom is -0.508 e. The summed E-state index contributed by atoms with van der Waals surface area (Å²) in [6.45, 7) is 1.79. The maximum atomic E-state index is 12.2. The molecule has 0 spiro atoms. The molecule has 0 saturated heterocycles. The summed E-state index contributed by atoms with van der Waals surface area (Å²) in [6, 6.07) is 2.62. The molecule has 0 bridgehead atoms. The summed E-state index contributed by atoms with van der Waals surface area (Å²) < 4.78 is 47.2. The molecule has 1 aromatic carbocycles. The number of halogens is 6. The third kappa shape index (κ3) is 7.38.